The van der Waals surface area contributed by atoms with E-state index in [-0.39, 0.29) is 18.5 Å². The van der Waals surface area contributed by atoms with Crippen LogP contribution in [0.25, 0.3) is 0 Å². The van der Waals surface area contributed by atoms with Gasteiger partial charge < -0.3 is 14.7 Å². The van der Waals surface area contributed by atoms with Gasteiger partial charge in [-0.15, -0.1) is 5.10 Å². The Bertz CT molecular complexity index is 652. The van der Waals surface area contributed by atoms with Crippen LogP contribution < -0.4 is 0 Å². The van der Waals surface area contributed by atoms with E-state index in [9.17, 15) is 9.90 Å². The highest BCUT2D eigenvalue weighted by Gasteiger charge is 2.40. The summed E-state index contributed by atoms with van der Waals surface area (Å²) < 4.78 is 7.24. The fourth-order valence-corrected chi connectivity index (χ4v) is 3.35. The van der Waals surface area contributed by atoms with E-state index in [0.29, 0.717) is 31.0 Å². The van der Waals surface area contributed by atoms with Crippen molar-refractivity contribution in [2.75, 3.05) is 19.7 Å². The van der Waals surface area contributed by atoms with Gasteiger partial charge in [-0.1, -0.05) is 5.21 Å². The van der Waals surface area contributed by atoms with E-state index < -0.39 is 5.60 Å². The number of hydrogen-bond acceptors (Lipinski definition) is 5. The second kappa shape index (κ2) is 6.55. The minimum Gasteiger partial charge on any atom is -0.498 e. The van der Waals surface area contributed by atoms with Crippen LogP contribution in [-0.2, 0) is 15.1 Å². The zero-order valence-corrected chi connectivity index (χ0v) is 14.7. The summed E-state index contributed by atoms with van der Waals surface area (Å²) in [6.07, 6.45) is 4.71. The Kier molecular flexibility index (Phi) is 4.62. The van der Waals surface area contributed by atoms with E-state index in [1.54, 1.807) is 15.8 Å². The molecule has 3 rings (SSSR count). The molecule has 1 fully saturated rings. The molecule has 1 saturated heterocycles. The van der Waals surface area contributed by atoms with Crippen LogP contribution in [0.5, 0.6) is 0 Å². The maximum Gasteiger partial charge on any atom is 0.253 e. The Balaban J connectivity index is 1.79. The minimum absolute atomic E-state index is 0.0263. The van der Waals surface area contributed by atoms with Crippen LogP contribution >= 0.6 is 0 Å². The molecule has 132 valence electrons. The summed E-state index contributed by atoms with van der Waals surface area (Å²) in [6, 6.07) is 0.184. The van der Waals surface area contributed by atoms with Crippen molar-refractivity contribution in [3.8, 4) is 0 Å². The number of amides is 1. The average Bonchev–Trinajstić information content (AvgIpc) is 3.06. The summed E-state index contributed by atoms with van der Waals surface area (Å²) in [6.45, 7) is 7.44. The summed E-state index contributed by atoms with van der Waals surface area (Å²) in [5.74, 6) is 0.688. The van der Waals surface area contributed by atoms with Crippen molar-refractivity contribution >= 4 is 5.91 Å². The summed E-state index contributed by atoms with van der Waals surface area (Å²) in [5.41, 5.74) is 0.140. The second-order valence-electron chi connectivity index (χ2n) is 7.03. The third-order valence-corrected chi connectivity index (χ3v) is 4.85. The first kappa shape index (κ1) is 17.0. The van der Waals surface area contributed by atoms with Gasteiger partial charge in [-0.25, -0.2) is 4.68 Å². The highest BCUT2D eigenvalue weighted by Crippen LogP contribution is 2.32. The molecule has 0 unspecified atom stereocenters. The third kappa shape index (κ3) is 3.17. The maximum absolute atomic E-state index is 12.8. The number of rotatable bonds is 3. The zero-order valence-electron chi connectivity index (χ0n) is 14.7. The van der Waals surface area contributed by atoms with Crippen molar-refractivity contribution < 1.29 is 14.6 Å². The molecular formula is C17H26N4O3. The first-order valence-electron chi connectivity index (χ1n) is 8.67. The molecule has 2 aliphatic rings. The maximum atomic E-state index is 12.8. The number of hydrogen-bond donors (Lipinski definition) is 1. The van der Waals surface area contributed by atoms with Crippen molar-refractivity contribution in [3.05, 3.63) is 23.2 Å². The Morgan fingerprint density at radius 3 is 2.88 bits per heavy atom. The summed E-state index contributed by atoms with van der Waals surface area (Å²) >= 11 is 0. The minimum atomic E-state index is -1.13. The van der Waals surface area contributed by atoms with Crippen LogP contribution in [0.15, 0.2) is 17.5 Å². The molecule has 3 heterocycles. The summed E-state index contributed by atoms with van der Waals surface area (Å²) in [7, 11) is 0. The van der Waals surface area contributed by atoms with Crippen molar-refractivity contribution in [3.63, 3.8) is 0 Å². The van der Waals surface area contributed by atoms with Gasteiger partial charge in [-0.05, 0) is 46.5 Å². The predicted octanol–water partition coefficient (Wildman–Crippen LogP) is 1.75. The molecule has 0 bridgehead atoms. The van der Waals surface area contributed by atoms with Gasteiger partial charge in [0.15, 0.2) is 0 Å². The van der Waals surface area contributed by atoms with E-state index in [2.05, 4.69) is 10.3 Å². The molecule has 0 saturated carbocycles. The highest BCUT2D eigenvalue weighted by atomic mass is 16.5. The molecule has 1 atom stereocenters. The van der Waals surface area contributed by atoms with Crippen molar-refractivity contribution in [2.45, 2.75) is 58.1 Å². The number of carbonyl (C=O) groups is 1. The van der Waals surface area contributed by atoms with Crippen LogP contribution in [-0.4, -0.2) is 50.6 Å². The molecule has 7 heteroatoms. The molecule has 1 aromatic rings. The van der Waals surface area contributed by atoms with E-state index in [4.69, 9.17) is 4.74 Å². The molecule has 7 nitrogen and oxygen atoms in total. The Morgan fingerprint density at radius 2 is 2.21 bits per heavy atom. The zero-order chi connectivity index (χ0) is 17.3. The van der Waals surface area contributed by atoms with Crippen LogP contribution in [0.3, 0.4) is 0 Å². The second-order valence-corrected chi connectivity index (χ2v) is 7.03. The van der Waals surface area contributed by atoms with E-state index in [1.165, 1.54) is 0 Å². The SMILES string of the molecule is CC1=C(C(=O)N2CCC[C@@](O)(c3cn(C(C)C)nn3)C2)CCCO1. The quantitative estimate of drug-likeness (QED) is 0.911. The van der Waals surface area contributed by atoms with Crippen LogP contribution in [0, 0.1) is 0 Å². The topological polar surface area (TPSA) is 80.5 Å². The lowest BCUT2D eigenvalue weighted by Crippen LogP contribution is -2.49. The lowest BCUT2D eigenvalue weighted by molar-refractivity contribution is -0.135. The number of aromatic nitrogens is 3. The smallest absolute Gasteiger partial charge is 0.253 e. The third-order valence-electron chi connectivity index (χ3n) is 4.85. The standard InChI is InChI=1S/C17H26N4O3/c1-12(2)21-10-15(18-19-21)17(23)7-5-8-20(11-17)16(22)14-6-4-9-24-13(14)3/h10,12,23H,4-9,11H2,1-3H3/t17-/m0/s1. The van der Waals surface area contributed by atoms with Gasteiger partial charge in [-0.2, -0.15) is 0 Å². The monoisotopic (exact) mass is 334 g/mol. The largest absolute Gasteiger partial charge is 0.498 e. The van der Waals surface area contributed by atoms with Crippen molar-refractivity contribution in [1.29, 1.82) is 0 Å². The molecule has 1 amide bonds. The number of aliphatic hydroxyl groups is 1. The molecule has 0 aliphatic carbocycles. The van der Waals surface area contributed by atoms with Gasteiger partial charge in [0.2, 0.25) is 0 Å². The molecule has 0 radical (unpaired) electrons. The van der Waals surface area contributed by atoms with E-state index in [0.717, 1.165) is 24.8 Å². The highest BCUT2D eigenvalue weighted by molar-refractivity contribution is 5.94. The number of ether oxygens (including phenoxy) is 1. The molecule has 1 aromatic heterocycles. The number of β-amino-alcohol motifs (C(OH)–C–C–N with tert-alkyl or cyclic N) is 1. The van der Waals surface area contributed by atoms with Crippen LogP contribution in [0.2, 0.25) is 0 Å². The normalized spacial score (nSPS) is 25.1. The van der Waals surface area contributed by atoms with Crippen LogP contribution in [0.4, 0.5) is 0 Å². The number of nitrogens with zero attached hydrogens (tertiary/aromatic N) is 4. The summed E-state index contributed by atoms with van der Waals surface area (Å²) in [5, 5.41) is 19.3. The fraction of sp³-hybridized carbons (Fsp3) is 0.706. The average molecular weight is 334 g/mol. The van der Waals surface area contributed by atoms with Gasteiger partial charge in [0.1, 0.15) is 17.1 Å². The van der Waals surface area contributed by atoms with Gasteiger partial charge in [0, 0.05) is 12.6 Å². The predicted molar refractivity (Wildman–Crippen MR) is 88.0 cm³/mol. The Hall–Kier alpha value is -1.89. The van der Waals surface area contributed by atoms with Gasteiger partial charge in [-0.3, -0.25) is 4.79 Å². The first-order valence-corrected chi connectivity index (χ1v) is 8.67. The number of carbonyl (C=O) groups excluding carboxylic acids is 1. The molecule has 0 spiro atoms. The Labute approximate surface area is 142 Å². The lowest BCUT2D eigenvalue weighted by atomic mass is 9.89. The number of likely N-dealkylation sites (tertiary alicyclic amines) is 1. The molecule has 0 aromatic carbocycles. The van der Waals surface area contributed by atoms with Crippen LogP contribution in [0.1, 0.15) is 58.2 Å². The number of allylic oxidation sites excluding steroid dienone is 1. The van der Waals surface area contributed by atoms with E-state index >= 15 is 0 Å². The van der Waals surface area contributed by atoms with Crippen molar-refractivity contribution in [1.82, 2.24) is 19.9 Å². The fourth-order valence-electron chi connectivity index (χ4n) is 3.35. The summed E-state index contributed by atoms with van der Waals surface area (Å²) in [4.78, 5) is 14.6. The van der Waals surface area contributed by atoms with Gasteiger partial charge >= 0.3 is 0 Å². The van der Waals surface area contributed by atoms with E-state index in [1.807, 2.05) is 20.8 Å². The Morgan fingerprint density at radius 1 is 1.42 bits per heavy atom. The molecular weight excluding hydrogens is 308 g/mol. The first-order chi connectivity index (χ1) is 11.4. The molecule has 2 aliphatic heterocycles. The van der Waals surface area contributed by atoms with Gasteiger partial charge in [0.25, 0.3) is 5.91 Å². The van der Waals surface area contributed by atoms with Gasteiger partial charge in [0.05, 0.1) is 24.9 Å². The lowest BCUT2D eigenvalue weighted by Gasteiger charge is -2.38. The molecule has 24 heavy (non-hydrogen) atoms. The number of piperidine rings is 1. The molecule has 1 N–H and O–H groups in total. The van der Waals surface area contributed by atoms with Crippen molar-refractivity contribution in [2.24, 2.45) is 0 Å².